The minimum Gasteiger partial charge on any atom is -0.247 e. The van der Waals surface area contributed by atoms with Gasteiger partial charge < -0.3 is 0 Å². The van der Waals surface area contributed by atoms with E-state index in [4.69, 9.17) is 4.98 Å². The summed E-state index contributed by atoms with van der Waals surface area (Å²) in [6.07, 6.45) is 0.416. The number of aromatic nitrogens is 1. The van der Waals surface area contributed by atoms with Gasteiger partial charge in [0.05, 0.1) is 11.4 Å². The zero-order valence-corrected chi connectivity index (χ0v) is 16.5. The number of hydrogen-bond donors (Lipinski definition) is 0. The molecule has 0 saturated heterocycles. The zero-order chi connectivity index (χ0) is 19.7. The first-order valence-corrected chi connectivity index (χ1v) is 9.75. The molecule has 1 heterocycles. The van der Waals surface area contributed by atoms with Gasteiger partial charge in [-0.25, -0.2) is 9.37 Å². The predicted molar refractivity (Wildman–Crippen MR) is 116 cm³/mol. The third kappa shape index (κ3) is 3.31. The van der Waals surface area contributed by atoms with Crippen molar-refractivity contribution in [3.63, 3.8) is 0 Å². The number of halogens is 1. The Hall–Kier alpha value is -3.00. The minimum absolute atomic E-state index is 0.416. The van der Waals surface area contributed by atoms with Crippen molar-refractivity contribution in [1.82, 2.24) is 4.98 Å². The summed E-state index contributed by atoms with van der Waals surface area (Å²) in [6.45, 7) is 5.61. The van der Waals surface area contributed by atoms with Crippen LogP contribution in [0.1, 0.15) is 31.4 Å². The Morgan fingerprint density at radius 1 is 0.893 bits per heavy atom. The standard InChI is InChI=1S/C26H24FN/c1-4-26(3,27)23-15-8-7-14-22(23)25-21-13-6-5-11-19(21)17-24(28-25)20-12-9-10-18(2)16-20/h5-17H,4H2,1-3H3. The molecule has 0 N–H and O–H groups in total. The molecule has 28 heavy (non-hydrogen) atoms. The molecule has 0 saturated carbocycles. The number of nitrogens with zero attached hydrogens (tertiary/aromatic N) is 1. The highest BCUT2D eigenvalue weighted by Gasteiger charge is 2.27. The number of pyridine rings is 1. The first kappa shape index (κ1) is 18.4. The smallest absolute Gasteiger partial charge is 0.133 e. The van der Waals surface area contributed by atoms with Crippen LogP contribution in [0.3, 0.4) is 0 Å². The molecule has 1 unspecified atom stereocenters. The van der Waals surface area contributed by atoms with E-state index in [9.17, 15) is 0 Å². The highest BCUT2D eigenvalue weighted by Crippen LogP contribution is 2.39. The Labute approximate surface area is 165 Å². The maximum Gasteiger partial charge on any atom is 0.133 e. The summed E-state index contributed by atoms with van der Waals surface area (Å²) in [5.74, 6) is 0. The summed E-state index contributed by atoms with van der Waals surface area (Å²) in [4.78, 5) is 5.02. The monoisotopic (exact) mass is 369 g/mol. The molecule has 0 amide bonds. The molecule has 1 atom stereocenters. The fraction of sp³-hybridized carbons (Fsp3) is 0.192. The summed E-state index contributed by atoms with van der Waals surface area (Å²) in [5, 5.41) is 2.15. The van der Waals surface area contributed by atoms with E-state index >= 15 is 4.39 Å². The van der Waals surface area contributed by atoms with Crippen LogP contribution in [0, 0.1) is 6.92 Å². The van der Waals surface area contributed by atoms with Gasteiger partial charge in [0.15, 0.2) is 0 Å². The van der Waals surface area contributed by atoms with Gasteiger partial charge in [-0.3, -0.25) is 0 Å². The SMILES string of the molecule is CCC(C)(F)c1ccccc1-c1nc(-c2cccc(C)c2)cc2ccccc12. The van der Waals surface area contributed by atoms with Crippen molar-refractivity contribution in [3.8, 4) is 22.5 Å². The highest BCUT2D eigenvalue weighted by molar-refractivity contribution is 5.97. The molecule has 0 aliphatic rings. The Bertz CT molecular complexity index is 1140. The Morgan fingerprint density at radius 2 is 1.64 bits per heavy atom. The van der Waals surface area contributed by atoms with Gasteiger partial charge in [-0.1, -0.05) is 79.2 Å². The van der Waals surface area contributed by atoms with Gasteiger partial charge >= 0.3 is 0 Å². The van der Waals surface area contributed by atoms with Gasteiger partial charge in [-0.05, 0) is 43.4 Å². The van der Waals surface area contributed by atoms with E-state index in [2.05, 4.69) is 43.3 Å². The fourth-order valence-corrected chi connectivity index (χ4v) is 3.69. The van der Waals surface area contributed by atoms with Crippen LogP contribution in [0.15, 0.2) is 78.9 Å². The molecule has 4 aromatic rings. The van der Waals surface area contributed by atoms with Crippen LogP contribution in [0.5, 0.6) is 0 Å². The maximum absolute atomic E-state index is 15.3. The van der Waals surface area contributed by atoms with E-state index in [1.54, 1.807) is 6.92 Å². The lowest BCUT2D eigenvalue weighted by Gasteiger charge is -2.23. The van der Waals surface area contributed by atoms with Crippen LogP contribution in [-0.4, -0.2) is 4.98 Å². The molecule has 0 fully saturated rings. The van der Waals surface area contributed by atoms with E-state index in [1.165, 1.54) is 5.56 Å². The van der Waals surface area contributed by atoms with Gasteiger partial charge in [0, 0.05) is 16.5 Å². The number of hydrogen-bond acceptors (Lipinski definition) is 1. The second-order valence-electron chi connectivity index (χ2n) is 7.54. The van der Waals surface area contributed by atoms with Crippen LogP contribution in [-0.2, 0) is 5.67 Å². The van der Waals surface area contributed by atoms with Crippen molar-refractivity contribution >= 4 is 10.8 Å². The quantitative estimate of drug-likeness (QED) is 0.363. The molecule has 0 aliphatic heterocycles. The first-order valence-electron chi connectivity index (χ1n) is 9.75. The van der Waals surface area contributed by atoms with Crippen LogP contribution in [0.2, 0.25) is 0 Å². The lowest BCUT2D eigenvalue weighted by Crippen LogP contribution is -2.15. The van der Waals surface area contributed by atoms with Crippen molar-refractivity contribution in [2.75, 3.05) is 0 Å². The molecule has 2 heteroatoms. The van der Waals surface area contributed by atoms with Gasteiger partial charge in [-0.2, -0.15) is 0 Å². The summed E-state index contributed by atoms with van der Waals surface area (Å²) < 4.78 is 15.3. The molecule has 4 rings (SSSR count). The number of benzene rings is 3. The third-order valence-corrected chi connectivity index (χ3v) is 5.46. The first-order chi connectivity index (χ1) is 13.5. The molecule has 140 valence electrons. The van der Waals surface area contributed by atoms with Gasteiger partial charge in [0.25, 0.3) is 0 Å². The van der Waals surface area contributed by atoms with Gasteiger partial charge in [0.1, 0.15) is 5.67 Å². The molecule has 0 spiro atoms. The van der Waals surface area contributed by atoms with Crippen molar-refractivity contribution in [3.05, 3.63) is 90.0 Å². The number of fused-ring (bicyclic) bond motifs is 1. The fourth-order valence-electron chi connectivity index (χ4n) is 3.69. The lowest BCUT2D eigenvalue weighted by molar-refractivity contribution is 0.186. The molecular weight excluding hydrogens is 345 g/mol. The number of aryl methyl sites for hydroxylation is 1. The summed E-state index contributed by atoms with van der Waals surface area (Å²) in [6, 6.07) is 26.4. The molecular formula is C26H24FN. The molecule has 0 radical (unpaired) electrons. The van der Waals surface area contributed by atoms with Crippen LogP contribution >= 0.6 is 0 Å². The van der Waals surface area contributed by atoms with E-state index in [0.717, 1.165) is 33.3 Å². The highest BCUT2D eigenvalue weighted by atomic mass is 19.1. The number of alkyl halides is 1. The average molecular weight is 369 g/mol. The molecule has 1 nitrogen and oxygen atoms in total. The molecule has 3 aromatic carbocycles. The van der Waals surface area contributed by atoms with Crippen molar-refractivity contribution in [2.24, 2.45) is 0 Å². The van der Waals surface area contributed by atoms with Crippen LogP contribution in [0.25, 0.3) is 33.3 Å². The third-order valence-electron chi connectivity index (χ3n) is 5.46. The maximum atomic E-state index is 15.3. The van der Waals surface area contributed by atoms with Crippen molar-refractivity contribution in [2.45, 2.75) is 32.9 Å². The summed E-state index contributed by atoms with van der Waals surface area (Å²) in [5.41, 5.74) is 4.15. The molecule has 1 aromatic heterocycles. The summed E-state index contributed by atoms with van der Waals surface area (Å²) >= 11 is 0. The lowest BCUT2D eigenvalue weighted by atomic mass is 9.88. The van der Waals surface area contributed by atoms with Gasteiger partial charge in [0.2, 0.25) is 0 Å². The Balaban J connectivity index is 2.03. The minimum atomic E-state index is -1.40. The topological polar surface area (TPSA) is 12.9 Å². The molecule has 0 aliphatic carbocycles. The van der Waals surface area contributed by atoms with Crippen LogP contribution < -0.4 is 0 Å². The van der Waals surface area contributed by atoms with Crippen LogP contribution in [0.4, 0.5) is 4.39 Å². The van der Waals surface area contributed by atoms with Crippen molar-refractivity contribution < 1.29 is 4.39 Å². The molecule has 0 bridgehead atoms. The summed E-state index contributed by atoms with van der Waals surface area (Å²) in [7, 11) is 0. The second-order valence-corrected chi connectivity index (χ2v) is 7.54. The average Bonchev–Trinajstić information content (AvgIpc) is 2.73. The van der Waals surface area contributed by atoms with E-state index in [1.807, 2.05) is 49.4 Å². The van der Waals surface area contributed by atoms with E-state index in [-0.39, 0.29) is 0 Å². The Kier molecular flexibility index (Phi) is 4.72. The number of rotatable bonds is 4. The predicted octanol–water partition coefficient (Wildman–Crippen LogP) is 7.47. The van der Waals surface area contributed by atoms with Crippen molar-refractivity contribution in [1.29, 1.82) is 0 Å². The Morgan fingerprint density at radius 3 is 2.43 bits per heavy atom. The second kappa shape index (κ2) is 7.20. The van der Waals surface area contributed by atoms with Gasteiger partial charge in [-0.15, -0.1) is 0 Å². The largest absolute Gasteiger partial charge is 0.247 e. The van der Waals surface area contributed by atoms with E-state index < -0.39 is 5.67 Å². The van der Waals surface area contributed by atoms with E-state index in [0.29, 0.717) is 12.0 Å². The normalized spacial score (nSPS) is 13.4. The zero-order valence-electron chi connectivity index (χ0n) is 16.5.